The van der Waals surface area contributed by atoms with Crippen LogP contribution in [0.4, 0.5) is 13.6 Å². The molecule has 9 heteroatoms. The molecule has 0 aliphatic carbocycles. The van der Waals surface area contributed by atoms with Crippen molar-refractivity contribution in [3.8, 4) is 11.5 Å². The van der Waals surface area contributed by atoms with Crippen molar-refractivity contribution in [2.45, 2.75) is 45.6 Å². The lowest BCUT2D eigenvalue weighted by Gasteiger charge is -2.17. The van der Waals surface area contributed by atoms with E-state index in [1.54, 1.807) is 6.07 Å². The Morgan fingerprint density at radius 2 is 2.00 bits per heavy atom. The first kappa shape index (κ1) is 19.9. The minimum Gasteiger partial charge on any atom is -0.497 e. The highest BCUT2D eigenvalue weighted by Crippen LogP contribution is 2.28. The number of urea groups is 1. The van der Waals surface area contributed by atoms with Gasteiger partial charge in [-0.15, -0.1) is 0 Å². The molecule has 3 amide bonds. The second-order valence-corrected chi connectivity index (χ2v) is 5.99. The van der Waals surface area contributed by atoms with Gasteiger partial charge in [-0.05, 0) is 26.0 Å². The molecule has 0 spiro atoms. The summed E-state index contributed by atoms with van der Waals surface area (Å²) in [4.78, 5) is 25.5. The first-order valence-electron chi connectivity index (χ1n) is 8.17. The number of halogens is 2. The monoisotopic (exact) mass is 372 g/mol. The smallest absolute Gasteiger partial charge is 0.387 e. The molecule has 0 unspecified atom stereocenters. The average Bonchev–Trinajstić information content (AvgIpc) is 2.83. The van der Waals surface area contributed by atoms with Crippen LogP contribution in [0.3, 0.4) is 0 Å². The minimum atomic E-state index is -3.04. The van der Waals surface area contributed by atoms with E-state index >= 15 is 0 Å². The lowest BCUT2D eigenvalue weighted by Crippen LogP contribution is -2.32. The molecule has 0 radical (unpaired) electrons. The van der Waals surface area contributed by atoms with Crippen LogP contribution in [0.1, 0.15) is 25.8 Å². The molecular weight excluding hydrogens is 350 g/mol. The molecule has 1 fully saturated rings. The Balaban J connectivity index is 2.09. The fourth-order valence-electron chi connectivity index (χ4n) is 2.51. The molecule has 144 valence electrons. The van der Waals surface area contributed by atoms with E-state index in [-0.39, 0.29) is 24.0 Å². The summed E-state index contributed by atoms with van der Waals surface area (Å²) in [5, 5.41) is 2.57. The van der Waals surface area contributed by atoms with Gasteiger partial charge in [-0.2, -0.15) is 8.78 Å². The number of amides is 3. The summed E-state index contributed by atoms with van der Waals surface area (Å²) >= 11 is 0. The second kappa shape index (κ2) is 8.79. The second-order valence-electron chi connectivity index (χ2n) is 5.99. The molecule has 7 nitrogen and oxygen atoms in total. The zero-order valence-electron chi connectivity index (χ0n) is 14.8. The maximum Gasteiger partial charge on any atom is 0.387 e. The Morgan fingerprint density at radius 3 is 2.62 bits per heavy atom. The first-order valence-corrected chi connectivity index (χ1v) is 8.17. The predicted molar refractivity (Wildman–Crippen MR) is 88.2 cm³/mol. The lowest BCUT2D eigenvalue weighted by atomic mass is 10.1. The molecule has 1 saturated heterocycles. The van der Waals surface area contributed by atoms with Crippen molar-refractivity contribution < 1.29 is 32.6 Å². The lowest BCUT2D eigenvalue weighted by molar-refractivity contribution is -0.128. The normalized spacial score (nSPS) is 17.2. The molecule has 0 bridgehead atoms. The van der Waals surface area contributed by atoms with Crippen molar-refractivity contribution in [3.05, 3.63) is 23.8 Å². The number of ether oxygens (including phenoxy) is 3. The summed E-state index contributed by atoms with van der Waals surface area (Å²) in [6, 6.07) is 3.03. The quantitative estimate of drug-likeness (QED) is 0.674. The van der Waals surface area contributed by atoms with Crippen molar-refractivity contribution in [1.29, 1.82) is 0 Å². The van der Waals surface area contributed by atoms with Gasteiger partial charge in [0.05, 0.1) is 19.8 Å². The van der Waals surface area contributed by atoms with Gasteiger partial charge in [0.1, 0.15) is 17.5 Å². The SMILES string of the molecule is COc1ccc(CN2C(=O)N[C@@H](CCOC(C)C)C2=O)c(OC(F)F)c1. The van der Waals surface area contributed by atoms with Gasteiger partial charge in [0, 0.05) is 24.7 Å². The highest BCUT2D eigenvalue weighted by Gasteiger charge is 2.38. The number of carbonyl (C=O) groups is 2. The number of nitrogens with one attached hydrogen (secondary N) is 1. The van der Waals surface area contributed by atoms with Gasteiger partial charge in [-0.1, -0.05) is 0 Å². The van der Waals surface area contributed by atoms with Gasteiger partial charge in [0.25, 0.3) is 5.91 Å². The number of benzene rings is 1. The van der Waals surface area contributed by atoms with Crippen LogP contribution in [0.15, 0.2) is 18.2 Å². The van der Waals surface area contributed by atoms with Crippen LogP contribution < -0.4 is 14.8 Å². The Labute approximate surface area is 150 Å². The molecule has 1 aliphatic heterocycles. The van der Waals surface area contributed by atoms with Crippen LogP contribution in [0, 0.1) is 0 Å². The first-order chi connectivity index (χ1) is 12.3. The van der Waals surface area contributed by atoms with Crippen LogP contribution in [0.2, 0.25) is 0 Å². The van der Waals surface area contributed by atoms with Gasteiger partial charge < -0.3 is 19.5 Å². The number of imide groups is 1. The van der Waals surface area contributed by atoms with Crippen molar-refractivity contribution in [2.24, 2.45) is 0 Å². The Bertz CT molecular complexity index is 654. The van der Waals surface area contributed by atoms with Crippen molar-refractivity contribution in [2.75, 3.05) is 13.7 Å². The number of nitrogens with zero attached hydrogens (tertiary/aromatic N) is 1. The van der Waals surface area contributed by atoms with Gasteiger partial charge in [0.15, 0.2) is 0 Å². The van der Waals surface area contributed by atoms with Gasteiger partial charge in [-0.25, -0.2) is 4.79 Å². The zero-order valence-corrected chi connectivity index (χ0v) is 14.8. The number of rotatable bonds is 9. The number of carbonyl (C=O) groups excluding carboxylic acids is 2. The van der Waals surface area contributed by atoms with Crippen LogP contribution in [0.5, 0.6) is 11.5 Å². The van der Waals surface area contributed by atoms with E-state index in [1.807, 2.05) is 13.8 Å². The van der Waals surface area contributed by atoms with Crippen LogP contribution >= 0.6 is 0 Å². The number of methoxy groups -OCH3 is 1. The molecule has 26 heavy (non-hydrogen) atoms. The summed E-state index contributed by atoms with van der Waals surface area (Å²) in [5.74, 6) is -0.252. The average molecular weight is 372 g/mol. The molecule has 1 aliphatic rings. The Hall–Kier alpha value is -2.42. The van der Waals surface area contributed by atoms with E-state index in [2.05, 4.69) is 10.1 Å². The maximum atomic E-state index is 12.6. The molecule has 0 aromatic heterocycles. The summed E-state index contributed by atoms with van der Waals surface area (Å²) in [7, 11) is 1.39. The highest BCUT2D eigenvalue weighted by molar-refractivity contribution is 6.04. The van der Waals surface area contributed by atoms with Crippen LogP contribution in [0.25, 0.3) is 0 Å². The Morgan fingerprint density at radius 1 is 1.27 bits per heavy atom. The molecular formula is C17H22F2N2O5. The van der Waals surface area contributed by atoms with E-state index in [4.69, 9.17) is 9.47 Å². The number of hydrogen-bond acceptors (Lipinski definition) is 5. The van der Waals surface area contributed by atoms with E-state index in [9.17, 15) is 18.4 Å². The number of hydrogen-bond donors (Lipinski definition) is 1. The van der Waals surface area contributed by atoms with Gasteiger partial charge in [-0.3, -0.25) is 9.69 Å². The fraction of sp³-hybridized carbons (Fsp3) is 0.529. The largest absolute Gasteiger partial charge is 0.497 e. The third kappa shape index (κ3) is 5.04. The fourth-order valence-corrected chi connectivity index (χ4v) is 2.51. The van der Waals surface area contributed by atoms with Gasteiger partial charge >= 0.3 is 12.6 Å². The minimum absolute atomic E-state index is 0.0201. The van der Waals surface area contributed by atoms with Crippen LogP contribution in [-0.4, -0.2) is 49.3 Å². The van der Waals surface area contributed by atoms with Crippen molar-refractivity contribution >= 4 is 11.9 Å². The molecule has 0 saturated carbocycles. The molecule has 1 aromatic rings. The standard InChI is InChI=1S/C17H22F2N2O5/c1-10(2)25-7-6-13-15(22)21(17(23)20-13)9-11-4-5-12(24-3)8-14(11)26-16(18)19/h4-5,8,10,13,16H,6-7,9H2,1-3H3,(H,20,23)/t13-/m0/s1. The zero-order chi connectivity index (χ0) is 19.3. The van der Waals surface area contributed by atoms with E-state index < -0.39 is 24.6 Å². The maximum absolute atomic E-state index is 12.6. The predicted octanol–water partition coefficient (Wildman–Crippen LogP) is 2.53. The molecule has 2 rings (SSSR count). The number of alkyl halides is 2. The highest BCUT2D eigenvalue weighted by atomic mass is 19.3. The summed E-state index contributed by atoms with van der Waals surface area (Å²) in [6.45, 7) is 0.846. The summed E-state index contributed by atoms with van der Waals surface area (Å²) in [6.07, 6.45) is 0.356. The van der Waals surface area contributed by atoms with Crippen LogP contribution in [-0.2, 0) is 16.1 Å². The third-order valence-corrected chi connectivity index (χ3v) is 3.78. The van der Waals surface area contributed by atoms with Gasteiger partial charge in [0.2, 0.25) is 0 Å². The third-order valence-electron chi connectivity index (χ3n) is 3.78. The van der Waals surface area contributed by atoms with Crippen molar-refractivity contribution in [1.82, 2.24) is 10.2 Å². The molecule has 1 N–H and O–H groups in total. The van der Waals surface area contributed by atoms with E-state index in [0.29, 0.717) is 18.8 Å². The molecule has 1 atom stereocenters. The topological polar surface area (TPSA) is 77.1 Å². The van der Waals surface area contributed by atoms with Crippen molar-refractivity contribution in [3.63, 3.8) is 0 Å². The van der Waals surface area contributed by atoms with E-state index in [0.717, 1.165) is 4.90 Å². The molecule has 1 aromatic carbocycles. The Kier molecular flexibility index (Phi) is 6.73. The van der Waals surface area contributed by atoms with E-state index in [1.165, 1.54) is 19.2 Å². The molecule has 1 heterocycles. The summed E-state index contributed by atoms with van der Waals surface area (Å²) < 4.78 is 40.1. The summed E-state index contributed by atoms with van der Waals surface area (Å²) in [5.41, 5.74) is 0.272.